The molecule has 1 aliphatic heterocycles. The van der Waals surface area contributed by atoms with E-state index in [4.69, 9.17) is 0 Å². The zero-order valence-corrected chi connectivity index (χ0v) is 13.0. The van der Waals surface area contributed by atoms with Crippen LogP contribution >= 0.6 is 0 Å². The van der Waals surface area contributed by atoms with Gasteiger partial charge in [0, 0.05) is 24.7 Å². The number of piperidine rings is 1. The number of hydrogen-bond donors (Lipinski definition) is 1. The summed E-state index contributed by atoms with van der Waals surface area (Å²) < 4.78 is 37.2. The van der Waals surface area contributed by atoms with Gasteiger partial charge in [-0.25, -0.2) is 0 Å². The number of hydrogen-bond acceptors (Lipinski definition) is 2. The summed E-state index contributed by atoms with van der Waals surface area (Å²) in [6.45, 7) is 3.73. The Hall–Kier alpha value is -2.05. The molecule has 0 bridgehead atoms. The van der Waals surface area contributed by atoms with Crippen molar-refractivity contribution in [3.63, 3.8) is 0 Å². The Bertz CT molecular complexity index is 606. The van der Waals surface area contributed by atoms with E-state index in [1.54, 1.807) is 0 Å². The van der Waals surface area contributed by atoms with Gasteiger partial charge in [0.05, 0.1) is 0 Å². The average Bonchev–Trinajstić information content (AvgIpc) is 2.48. The van der Waals surface area contributed by atoms with Gasteiger partial charge in [0.2, 0.25) is 5.91 Å². The van der Waals surface area contributed by atoms with Crippen LogP contribution in [0.3, 0.4) is 0 Å². The van der Waals surface area contributed by atoms with Gasteiger partial charge in [0.25, 0.3) is 0 Å². The second kappa shape index (κ2) is 6.60. The number of carbonyl (C=O) groups excluding carboxylic acids is 2. The molecule has 1 saturated heterocycles. The van der Waals surface area contributed by atoms with Crippen LogP contribution in [0, 0.1) is 19.8 Å². The average molecular weight is 328 g/mol. The number of nitrogens with zero attached hydrogens (tertiary/aromatic N) is 1. The van der Waals surface area contributed by atoms with Crippen LogP contribution in [-0.4, -0.2) is 36.0 Å². The van der Waals surface area contributed by atoms with Crippen LogP contribution in [0.2, 0.25) is 0 Å². The van der Waals surface area contributed by atoms with E-state index >= 15 is 0 Å². The molecule has 7 heteroatoms. The smallest absolute Gasteiger partial charge is 0.335 e. The van der Waals surface area contributed by atoms with Crippen LogP contribution in [-0.2, 0) is 9.59 Å². The van der Waals surface area contributed by atoms with Crippen molar-refractivity contribution in [1.29, 1.82) is 0 Å². The highest BCUT2D eigenvalue weighted by atomic mass is 19.4. The summed E-state index contributed by atoms with van der Waals surface area (Å²) in [6.07, 6.45) is -4.38. The lowest BCUT2D eigenvalue weighted by Crippen LogP contribution is -2.46. The van der Waals surface area contributed by atoms with Crippen LogP contribution in [0.5, 0.6) is 0 Å². The second-order valence-corrected chi connectivity index (χ2v) is 5.87. The first kappa shape index (κ1) is 17.3. The third-order valence-corrected chi connectivity index (χ3v) is 4.04. The number of aryl methyl sites for hydroxylation is 2. The van der Waals surface area contributed by atoms with Crippen LogP contribution in [0.15, 0.2) is 18.2 Å². The summed E-state index contributed by atoms with van der Waals surface area (Å²) in [6, 6.07) is 5.64. The lowest BCUT2D eigenvalue weighted by atomic mass is 9.95. The first-order valence-corrected chi connectivity index (χ1v) is 7.42. The maximum Gasteiger partial charge on any atom is 0.471 e. The Morgan fingerprint density at radius 3 is 2.30 bits per heavy atom. The number of amides is 2. The molecule has 1 aromatic carbocycles. The molecule has 4 nitrogen and oxygen atoms in total. The molecule has 0 spiro atoms. The third kappa shape index (κ3) is 4.24. The van der Waals surface area contributed by atoms with E-state index < -0.39 is 12.1 Å². The van der Waals surface area contributed by atoms with Crippen molar-refractivity contribution < 1.29 is 22.8 Å². The summed E-state index contributed by atoms with van der Waals surface area (Å²) >= 11 is 0. The minimum Gasteiger partial charge on any atom is -0.335 e. The molecule has 0 aromatic heterocycles. The van der Waals surface area contributed by atoms with Gasteiger partial charge in [-0.2, -0.15) is 13.2 Å². The zero-order chi connectivity index (χ0) is 17.2. The summed E-state index contributed by atoms with van der Waals surface area (Å²) in [5.74, 6) is -2.42. The van der Waals surface area contributed by atoms with Crippen molar-refractivity contribution in [1.82, 2.24) is 4.90 Å². The van der Waals surface area contributed by atoms with Crippen LogP contribution < -0.4 is 5.32 Å². The van der Waals surface area contributed by atoms with Crippen molar-refractivity contribution in [2.45, 2.75) is 32.9 Å². The topological polar surface area (TPSA) is 49.4 Å². The van der Waals surface area contributed by atoms with E-state index in [1.807, 2.05) is 32.0 Å². The number of alkyl halides is 3. The third-order valence-electron chi connectivity index (χ3n) is 4.04. The van der Waals surface area contributed by atoms with Gasteiger partial charge in [-0.3, -0.25) is 9.59 Å². The highest BCUT2D eigenvalue weighted by molar-refractivity contribution is 5.93. The molecule has 23 heavy (non-hydrogen) atoms. The maximum absolute atomic E-state index is 12.4. The molecular formula is C16H19F3N2O2. The molecule has 0 atom stereocenters. The fourth-order valence-electron chi connectivity index (χ4n) is 2.71. The molecule has 1 fully saturated rings. The fourth-order valence-corrected chi connectivity index (χ4v) is 2.71. The van der Waals surface area contributed by atoms with E-state index in [0.717, 1.165) is 16.0 Å². The minimum absolute atomic E-state index is 0.0523. The Labute approximate surface area is 132 Å². The largest absolute Gasteiger partial charge is 0.471 e. The Morgan fingerprint density at radius 2 is 1.78 bits per heavy atom. The predicted molar refractivity (Wildman–Crippen MR) is 79.9 cm³/mol. The molecule has 126 valence electrons. The number of benzene rings is 1. The lowest BCUT2D eigenvalue weighted by Gasteiger charge is -2.31. The standard InChI is InChI=1S/C16H19F3N2O2/c1-10-3-4-13(11(2)9-10)20-14(22)12-5-7-21(8-6-12)15(23)16(17,18)19/h3-4,9,12H,5-8H2,1-2H3,(H,20,22). The molecule has 1 aliphatic rings. The van der Waals surface area contributed by atoms with Gasteiger partial charge >= 0.3 is 12.1 Å². The monoisotopic (exact) mass is 328 g/mol. The fraction of sp³-hybridized carbons (Fsp3) is 0.500. The normalized spacial score (nSPS) is 16.3. The van der Waals surface area contributed by atoms with Gasteiger partial charge < -0.3 is 10.2 Å². The van der Waals surface area contributed by atoms with E-state index in [1.165, 1.54) is 0 Å². The number of carbonyl (C=O) groups is 2. The van der Waals surface area contributed by atoms with E-state index in [2.05, 4.69) is 5.32 Å². The highest BCUT2D eigenvalue weighted by Crippen LogP contribution is 2.25. The van der Waals surface area contributed by atoms with Crippen LogP contribution in [0.1, 0.15) is 24.0 Å². The molecule has 0 radical (unpaired) electrons. The van der Waals surface area contributed by atoms with Gasteiger partial charge in [-0.15, -0.1) is 0 Å². The molecule has 1 N–H and O–H groups in total. The summed E-state index contributed by atoms with van der Waals surface area (Å²) in [5.41, 5.74) is 2.72. The van der Waals surface area contributed by atoms with E-state index in [9.17, 15) is 22.8 Å². The van der Waals surface area contributed by atoms with E-state index in [0.29, 0.717) is 5.69 Å². The second-order valence-electron chi connectivity index (χ2n) is 5.87. The van der Waals surface area contributed by atoms with Crippen molar-refractivity contribution in [3.8, 4) is 0 Å². The number of anilines is 1. The van der Waals surface area contributed by atoms with Gasteiger partial charge in [-0.1, -0.05) is 17.7 Å². The van der Waals surface area contributed by atoms with Crippen molar-refractivity contribution in [2.24, 2.45) is 5.92 Å². The van der Waals surface area contributed by atoms with Crippen molar-refractivity contribution >= 4 is 17.5 Å². The van der Waals surface area contributed by atoms with Gasteiger partial charge in [0.15, 0.2) is 0 Å². The molecule has 0 saturated carbocycles. The van der Waals surface area contributed by atoms with Crippen LogP contribution in [0.4, 0.5) is 18.9 Å². The molecule has 1 heterocycles. The zero-order valence-electron chi connectivity index (χ0n) is 13.0. The number of nitrogens with one attached hydrogen (secondary N) is 1. The Kier molecular flexibility index (Phi) is 4.97. The summed E-state index contributed by atoms with van der Waals surface area (Å²) in [4.78, 5) is 24.2. The summed E-state index contributed by atoms with van der Waals surface area (Å²) in [7, 11) is 0. The number of halogens is 3. The van der Waals surface area contributed by atoms with Crippen molar-refractivity contribution in [2.75, 3.05) is 18.4 Å². The predicted octanol–water partition coefficient (Wildman–Crippen LogP) is 3.04. The first-order valence-electron chi connectivity index (χ1n) is 7.42. The summed E-state index contributed by atoms with van der Waals surface area (Å²) in [5, 5.41) is 2.82. The lowest BCUT2D eigenvalue weighted by molar-refractivity contribution is -0.186. The molecular weight excluding hydrogens is 309 g/mol. The molecule has 2 amide bonds. The van der Waals surface area contributed by atoms with Gasteiger partial charge in [-0.05, 0) is 38.3 Å². The quantitative estimate of drug-likeness (QED) is 0.907. The molecule has 0 aliphatic carbocycles. The van der Waals surface area contributed by atoms with Crippen LogP contribution in [0.25, 0.3) is 0 Å². The van der Waals surface area contributed by atoms with Crippen molar-refractivity contribution in [3.05, 3.63) is 29.3 Å². The number of rotatable bonds is 2. The van der Waals surface area contributed by atoms with Gasteiger partial charge in [0.1, 0.15) is 0 Å². The Morgan fingerprint density at radius 1 is 1.17 bits per heavy atom. The molecule has 1 aromatic rings. The molecule has 0 unspecified atom stereocenters. The van der Waals surface area contributed by atoms with E-state index in [-0.39, 0.29) is 37.8 Å². The maximum atomic E-state index is 12.4. The molecule has 2 rings (SSSR count). The first-order chi connectivity index (χ1) is 10.7. The number of likely N-dealkylation sites (tertiary alicyclic amines) is 1. The SMILES string of the molecule is Cc1ccc(NC(=O)C2CCN(C(=O)C(F)(F)F)CC2)c(C)c1. The highest BCUT2D eigenvalue weighted by Gasteiger charge is 2.43. The minimum atomic E-state index is -4.85. The Balaban J connectivity index is 1.92.